The van der Waals surface area contributed by atoms with E-state index < -0.39 is 0 Å². The maximum atomic E-state index is 0. The van der Waals surface area contributed by atoms with Crippen LogP contribution >= 0.6 is 0 Å². The third kappa shape index (κ3) is 153. The molecule has 0 aromatic carbocycles. The van der Waals surface area contributed by atoms with Gasteiger partial charge in [0.1, 0.15) is 0 Å². The van der Waals surface area contributed by atoms with E-state index in [9.17, 15) is 0 Å². The smallest absolute Gasteiger partial charge is 2.00 e. The fraction of sp³-hybridized carbons (Fsp3) is 0. The Morgan fingerprint density at radius 2 is 0.364 bits per heavy atom. The quantitative estimate of drug-likeness (QED) is 0.325. The van der Waals surface area contributed by atoms with E-state index in [0.717, 1.165) is 0 Å². The monoisotopic (exact) mass is 668 g/mol. The van der Waals surface area contributed by atoms with Crippen molar-refractivity contribution in [2.45, 2.75) is 0 Å². The van der Waals surface area contributed by atoms with Gasteiger partial charge in [-0.3, -0.25) is 0 Å². The third-order valence-electron chi connectivity index (χ3n) is 0. The van der Waals surface area contributed by atoms with Crippen molar-refractivity contribution in [3.63, 3.8) is 0 Å². The second kappa shape index (κ2) is 181. The van der Waals surface area contributed by atoms with Crippen molar-refractivity contribution < 1.29 is 140 Å². The zero-order chi connectivity index (χ0) is 0. The van der Waals surface area contributed by atoms with Gasteiger partial charge in [-0.2, -0.15) is 0 Å². The summed E-state index contributed by atoms with van der Waals surface area (Å²) < 4.78 is 0. The van der Waals surface area contributed by atoms with Crippen LogP contribution in [0.25, 0.3) is 0 Å². The van der Waals surface area contributed by atoms with Gasteiger partial charge in [0, 0.05) is 75.7 Å². The third-order valence-corrected chi connectivity index (χ3v) is 0. The molecule has 0 heterocycles. The molecule has 0 saturated carbocycles. The van der Waals surface area contributed by atoms with Crippen molar-refractivity contribution in [2.24, 2.45) is 0 Å². The Labute approximate surface area is 138 Å². The Bertz CT molecular complexity index is 20.4. The first-order chi connectivity index (χ1) is 0. The molecule has 0 fully saturated rings. The summed E-state index contributed by atoms with van der Waals surface area (Å²) in [7, 11) is 0. The molecule has 0 spiro atoms. The van der Waals surface area contributed by atoms with Crippen LogP contribution in [-0.2, 0) is 140 Å². The fourth-order valence-electron chi connectivity index (χ4n) is 0. The topological polar surface area (TPSA) is 142 Å². The minimum Gasteiger partial charge on any atom is -2.00 e. The van der Waals surface area contributed by atoms with E-state index in [1.807, 2.05) is 0 Å². The number of hydrogen-bond donors (Lipinski definition) is 0. The molecule has 11 heavy (non-hydrogen) atoms. The molecule has 70 valence electrons. The second-order valence-electron chi connectivity index (χ2n) is 0. The average Bonchev–Trinajstić information content (AvgIpc) is 0. The minimum atomic E-state index is 0. The van der Waals surface area contributed by atoms with Crippen LogP contribution in [0.5, 0.6) is 0 Å². The van der Waals surface area contributed by atoms with Crippen molar-refractivity contribution in [2.75, 3.05) is 0 Å². The molecule has 0 aromatic rings. The maximum Gasteiger partial charge on any atom is 5.00 e. The molecule has 0 saturated heterocycles. The minimum absolute atomic E-state index is 0. The summed E-state index contributed by atoms with van der Waals surface area (Å²) in [6.45, 7) is 0. The molecule has 0 N–H and O–H groups in total. The van der Waals surface area contributed by atoms with Gasteiger partial charge < -0.3 is 27.4 Å². The van der Waals surface area contributed by atoms with Gasteiger partial charge in [-0.1, -0.05) is 0 Å². The second-order valence-corrected chi connectivity index (χ2v) is 0. The molecule has 0 rings (SSSR count). The van der Waals surface area contributed by atoms with E-state index in [2.05, 4.69) is 0 Å². The number of rotatable bonds is 0. The summed E-state index contributed by atoms with van der Waals surface area (Å²) >= 11 is 0. The van der Waals surface area contributed by atoms with Crippen LogP contribution in [0.2, 0.25) is 0 Å². The Kier molecular flexibility index (Phi) is 3740. The van der Waals surface area contributed by atoms with Crippen molar-refractivity contribution in [3.8, 4) is 0 Å². The van der Waals surface area contributed by atoms with E-state index in [4.69, 9.17) is 0 Å². The summed E-state index contributed by atoms with van der Waals surface area (Å²) in [5.41, 5.74) is 0. The molecular formula is Co2O5V2W2. The molecular weight excluding hydrogens is 667 g/mol. The molecule has 0 bridgehead atoms. The molecule has 11 heteroatoms. The molecule has 0 amide bonds. The summed E-state index contributed by atoms with van der Waals surface area (Å²) in [5.74, 6) is 0. The zero-order valence-electron chi connectivity index (χ0n) is 4.42. The molecule has 2 radical (unpaired) electrons. The van der Waals surface area contributed by atoms with Gasteiger partial charge in [0.25, 0.3) is 0 Å². The molecule has 0 aliphatic heterocycles. The Balaban J connectivity index is 0. The Hall–Kier alpha value is 3.36. The zero-order valence-corrected chi connectivity index (χ0v) is 15.2. The first-order valence-corrected chi connectivity index (χ1v) is 0. The standard InChI is InChI=1S/2Co.5O.2V.2W/q;;5*-2;2*+5;;. The van der Waals surface area contributed by atoms with Gasteiger partial charge in [0.2, 0.25) is 0 Å². The van der Waals surface area contributed by atoms with Gasteiger partial charge in [-0.25, -0.2) is 0 Å². The predicted octanol–water partition coefficient (Wildman–Crippen LogP) is -0.609. The van der Waals surface area contributed by atoms with Gasteiger partial charge in [0.15, 0.2) is 0 Å². The molecule has 0 atom stereocenters. The van der Waals surface area contributed by atoms with Crippen LogP contribution < -0.4 is 0 Å². The Morgan fingerprint density at radius 1 is 0.364 bits per heavy atom. The normalized spacial score (nSPS) is 0. The van der Waals surface area contributed by atoms with Crippen LogP contribution in [0.1, 0.15) is 0 Å². The van der Waals surface area contributed by atoms with Crippen LogP contribution in [0.3, 0.4) is 0 Å². The molecule has 0 unspecified atom stereocenters. The first-order valence-electron chi connectivity index (χ1n) is 0. The molecule has 5 nitrogen and oxygen atoms in total. The van der Waals surface area contributed by atoms with Gasteiger partial charge >= 0.3 is 37.1 Å². The fourth-order valence-corrected chi connectivity index (χ4v) is 0. The van der Waals surface area contributed by atoms with Crippen molar-refractivity contribution >= 4 is 0 Å². The van der Waals surface area contributed by atoms with Crippen LogP contribution in [0.4, 0.5) is 0 Å². The van der Waals surface area contributed by atoms with Crippen LogP contribution in [-0.4, -0.2) is 0 Å². The summed E-state index contributed by atoms with van der Waals surface area (Å²) in [4.78, 5) is 0. The van der Waals surface area contributed by atoms with Crippen molar-refractivity contribution in [1.29, 1.82) is 0 Å². The predicted molar refractivity (Wildman–Crippen MR) is 3.43 cm³/mol. The van der Waals surface area contributed by atoms with Gasteiger partial charge in [-0.05, 0) is 0 Å². The maximum absolute atomic E-state index is 0. The molecule has 0 aliphatic rings. The van der Waals surface area contributed by atoms with Gasteiger partial charge in [0.05, 0.1) is 0 Å². The van der Waals surface area contributed by atoms with E-state index in [0.29, 0.717) is 0 Å². The molecule has 0 aliphatic carbocycles. The first kappa shape index (κ1) is 227. The summed E-state index contributed by atoms with van der Waals surface area (Å²) in [5, 5.41) is 0. The van der Waals surface area contributed by atoms with E-state index in [-0.39, 0.29) is 140 Å². The van der Waals surface area contributed by atoms with E-state index >= 15 is 0 Å². The van der Waals surface area contributed by atoms with E-state index in [1.165, 1.54) is 0 Å². The molecule has 0 aromatic heterocycles. The van der Waals surface area contributed by atoms with Crippen LogP contribution in [0, 0.1) is 0 Å². The summed E-state index contributed by atoms with van der Waals surface area (Å²) in [6, 6.07) is 0. The average molecular weight is 667 g/mol. The van der Waals surface area contributed by atoms with Crippen molar-refractivity contribution in [3.05, 3.63) is 0 Å². The van der Waals surface area contributed by atoms with E-state index in [1.54, 1.807) is 0 Å². The van der Waals surface area contributed by atoms with Gasteiger partial charge in [-0.15, -0.1) is 0 Å². The van der Waals surface area contributed by atoms with Crippen molar-refractivity contribution in [1.82, 2.24) is 0 Å². The largest absolute Gasteiger partial charge is 5.00 e. The Morgan fingerprint density at radius 3 is 0.364 bits per heavy atom. The SMILES string of the molecule is [Co].[Co].[O-2].[O-2].[O-2].[O-2].[O-2].[V+5].[V+5].[W].[W]. The number of hydrogen-bond acceptors (Lipinski definition) is 0. The summed E-state index contributed by atoms with van der Waals surface area (Å²) in [6.07, 6.45) is 0. The van der Waals surface area contributed by atoms with Crippen LogP contribution in [0.15, 0.2) is 0 Å².